The molecule has 1 aliphatic rings. The summed E-state index contributed by atoms with van der Waals surface area (Å²) in [6.07, 6.45) is 4.43. The Balaban J connectivity index is 1.80. The van der Waals surface area contributed by atoms with Gasteiger partial charge in [0.05, 0.1) is 11.1 Å². The van der Waals surface area contributed by atoms with Crippen molar-refractivity contribution in [1.82, 2.24) is 14.5 Å². The van der Waals surface area contributed by atoms with E-state index in [0.29, 0.717) is 22.8 Å². The number of fused-ring (bicyclic) bond motifs is 1. The van der Waals surface area contributed by atoms with Crippen LogP contribution in [-0.4, -0.2) is 30.6 Å². The Kier molecular flexibility index (Phi) is 3.06. The van der Waals surface area contributed by atoms with Gasteiger partial charge in [-0.2, -0.15) is 5.10 Å². The number of hydrogen-bond donors (Lipinski definition) is 1. The monoisotopic (exact) mass is 290 g/mol. The summed E-state index contributed by atoms with van der Waals surface area (Å²) in [7, 11) is -1.59. The average Bonchev–Trinajstić information content (AvgIpc) is 2.93. The molecule has 1 aromatic carbocycles. The SMILES string of the molecule is Cn1cc(CCN=C2NS(=O)(=O)c3ccccc32)cn1. The van der Waals surface area contributed by atoms with Gasteiger partial charge in [0, 0.05) is 25.4 Å². The van der Waals surface area contributed by atoms with E-state index in [2.05, 4.69) is 14.8 Å². The Morgan fingerprint density at radius 2 is 2.15 bits per heavy atom. The summed E-state index contributed by atoms with van der Waals surface area (Å²) in [5.74, 6) is 0.421. The lowest BCUT2D eigenvalue weighted by Crippen LogP contribution is -2.22. The van der Waals surface area contributed by atoms with Gasteiger partial charge >= 0.3 is 0 Å². The Bertz CT molecular complexity index is 777. The summed E-state index contributed by atoms with van der Waals surface area (Å²) < 4.78 is 28.0. The van der Waals surface area contributed by atoms with Crippen LogP contribution in [0.2, 0.25) is 0 Å². The molecule has 20 heavy (non-hydrogen) atoms. The third kappa shape index (κ3) is 2.32. The van der Waals surface area contributed by atoms with Crippen molar-refractivity contribution in [1.29, 1.82) is 0 Å². The van der Waals surface area contributed by atoms with Crippen molar-refractivity contribution < 1.29 is 8.42 Å². The van der Waals surface area contributed by atoms with Crippen LogP contribution in [0.4, 0.5) is 0 Å². The molecule has 0 aliphatic carbocycles. The van der Waals surface area contributed by atoms with Gasteiger partial charge in [0.1, 0.15) is 5.84 Å². The van der Waals surface area contributed by atoms with Gasteiger partial charge in [0.15, 0.2) is 0 Å². The molecule has 7 heteroatoms. The molecule has 1 aliphatic heterocycles. The largest absolute Gasteiger partial charge is 0.276 e. The summed E-state index contributed by atoms with van der Waals surface area (Å²) in [5, 5.41) is 4.08. The molecule has 0 fully saturated rings. The molecule has 2 aromatic rings. The molecular formula is C13H14N4O2S. The van der Waals surface area contributed by atoms with E-state index in [4.69, 9.17) is 0 Å². The zero-order valence-electron chi connectivity index (χ0n) is 10.9. The van der Waals surface area contributed by atoms with Crippen molar-refractivity contribution in [3.8, 4) is 0 Å². The van der Waals surface area contributed by atoms with Crippen molar-refractivity contribution >= 4 is 15.9 Å². The predicted molar refractivity (Wildman–Crippen MR) is 75.1 cm³/mol. The van der Waals surface area contributed by atoms with Gasteiger partial charge in [-0.25, -0.2) is 8.42 Å². The second-order valence-corrected chi connectivity index (χ2v) is 6.26. The first kappa shape index (κ1) is 12.9. The molecule has 0 atom stereocenters. The summed E-state index contributed by atoms with van der Waals surface area (Å²) >= 11 is 0. The van der Waals surface area contributed by atoms with E-state index in [1.807, 2.05) is 13.2 Å². The van der Waals surface area contributed by atoms with Gasteiger partial charge in [-0.15, -0.1) is 0 Å². The first-order valence-electron chi connectivity index (χ1n) is 6.20. The van der Waals surface area contributed by atoms with Crippen LogP contribution in [0, 0.1) is 0 Å². The minimum atomic E-state index is -3.44. The molecule has 1 aromatic heterocycles. The second kappa shape index (κ2) is 4.75. The third-order valence-corrected chi connectivity index (χ3v) is 4.49. The summed E-state index contributed by atoms with van der Waals surface area (Å²) in [6, 6.07) is 6.85. The van der Waals surface area contributed by atoms with Crippen LogP contribution in [0.25, 0.3) is 0 Å². The average molecular weight is 290 g/mol. The number of sulfonamides is 1. The van der Waals surface area contributed by atoms with E-state index in [1.54, 1.807) is 35.1 Å². The molecule has 104 valence electrons. The van der Waals surface area contributed by atoms with Crippen LogP contribution in [0.3, 0.4) is 0 Å². The third-order valence-electron chi connectivity index (χ3n) is 3.09. The second-order valence-electron chi connectivity index (χ2n) is 4.60. The van der Waals surface area contributed by atoms with Crippen molar-refractivity contribution in [2.45, 2.75) is 11.3 Å². The fraction of sp³-hybridized carbons (Fsp3) is 0.231. The molecular weight excluding hydrogens is 276 g/mol. The number of hydrogen-bond acceptors (Lipinski definition) is 4. The van der Waals surface area contributed by atoms with E-state index in [-0.39, 0.29) is 0 Å². The van der Waals surface area contributed by atoms with Crippen LogP contribution in [-0.2, 0) is 23.5 Å². The molecule has 0 amide bonds. The van der Waals surface area contributed by atoms with E-state index in [0.717, 1.165) is 12.0 Å². The van der Waals surface area contributed by atoms with Crippen molar-refractivity contribution in [3.05, 3.63) is 47.8 Å². The quantitative estimate of drug-likeness (QED) is 0.904. The number of nitrogens with zero attached hydrogens (tertiary/aromatic N) is 3. The van der Waals surface area contributed by atoms with E-state index < -0.39 is 10.0 Å². The van der Waals surface area contributed by atoms with Crippen molar-refractivity contribution in [2.75, 3.05) is 6.54 Å². The zero-order valence-corrected chi connectivity index (χ0v) is 11.8. The Morgan fingerprint density at radius 3 is 2.90 bits per heavy atom. The minimum Gasteiger partial charge on any atom is -0.276 e. The summed E-state index contributed by atoms with van der Waals surface area (Å²) in [5.41, 5.74) is 1.71. The maximum atomic E-state index is 11.9. The number of aliphatic imine (C=N–C) groups is 1. The number of nitrogens with one attached hydrogen (secondary N) is 1. The highest BCUT2D eigenvalue weighted by atomic mass is 32.2. The molecule has 3 rings (SSSR count). The molecule has 0 radical (unpaired) electrons. The van der Waals surface area contributed by atoms with Gasteiger partial charge in [-0.3, -0.25) is 14.4 Å². The standard InChI is InChI=1S/C13H14N4O2S/c1-17-9-10(8-15-17)6-7-14-13-11-4-2-3-5-12(11)20(18,19)16-13/h2-5,8-9H,6-7H2,1H3,(H,14,16). The molecule has 0 unspecified atom stereocenters. The van der Waals surface area contributed by atoms with E-state index in [9.17, 15) is 8.42 Å². The molecule has 0 saturated carbocycles. The fourth-order valence-corrected chi connectivity index (χ4v) is 3.40. The van der Waals surface area contributed by atoms with E-state index in [1.165, 1.54) is 0 Å². The fourth-order valence-electron chi connectivity index (χ4n) is 2.15. The maximum Gasteiger partial charge on any atom is 0.263 e. The van der Waals surface area contributed by atoms with Gasteiger partial charge in [0.25, 0.3) is 10.0 Å². The lowest BCUT2D eigenvalue weighted by atomic mass is 10.2. The van der Waals surface area contributed by atoms with E-state index >= 15 is 0 Å². The highest BCUT2D eigenvalue weighted by Crippen LogP contribution is 2.22. The molecule has 6 nitrogen and oxygen atoms in total. The van der Waals surface area contributed by atoms with Gasteiger partial charge in [-0.1, -0.05) is 12.1 Å². The molecule has 0 saturated heterocycles. The van der Waals surface area contributed by atoms with Crippen molar-refractivity contribution in [3.63, 3.8) is 0 Å². The van der Waals surface area contributed by atoms with Gasteiger partial charge in [0.2, 0.25) is 0 Å². The van der Waals surface area contributed by atoms with Crippen LogP contribution in [0.1, 0.15) is 11.1 Å². The smallest absolute Gasteiger partial charge is 0.263 e. The summed E-state index contributed by atoms with van der Waals surface area (Å²) in [6.45, 7) is 0.512. The Morgan fingerprint density at radius 1 is 1.35 bits per heavy atom. The van der Waals surface area contributed by atoms with Gasteiger partial charge < -0.3 is 0 Å². The van der Waals surface area contributed by atoms with Gasteiger partial charge in [-0.05, 0) is 24.1 Å². The van der Waals surface area contributed by atoms with Crippen molar-refractivity contribution in [2.24, 2.45) is 12.0 Å². The first-order chi connectivity index (χ1) is 9.56. The minimum absolute atomic E-state index is 0.292. The predicted octanol–water partition coefficient (Wildman–Crippen LogP) is 0.701. The number of rotatable bonds is 3. The maximum absolute atomic E-state index is 11.9. The van der Waals surface area contributed by atoms with Crippen LogP contribution >= 0.6 is 0 Å². The number of aromatic nitrogens is 2. The molecule has 2 heterocycles. The zero-order chi connectivity index (χ0) is 14.2. The number of benzene rings is 1. The lowest BCUT2D eigenvalue weighted by Gasteiger charge is -1.98. The Labute approximate surface area is 117 Å². The number of aryl methyl sites for hydroxylation is 1. The lowest BCUT2D eigenvalue weighted by molar-refractivity contribution is 0.595. The van der Waals surface area contributed by atoms with Crippen LogP contribution in [0.5, 0.6) is 0 Å². The molecule has 0 bridgehead atoms. The topological polar surface area (TPSA) is 76.3 Å². The Hall–Kier alpha value is -2.15. The molecule has 0 spiro atoms. The normalized spacial score (nSPS) is 17.9. The first-order valence-corrected chi connectivity index (χ1v) is 7.69. The van der Waals surface area contributed by atoms with Crippen LogP contribution < -0.4 is 4.72 Å². The highest BCUT2D eigenvalue weighted by molar-refractivity contribution is 7.90. The number of amidine groups is 1. The summed E-state index contributed by atoms with van der Waals surface area (Å²) in [4.78, 5) is 4.65. The highest BCUT2D eigenvalue weighted by Gasteiger charge is 2.29. The molecule has 1 N–H and O–H groups in total. The van der Waals surface area contributed by atoms with Crippen LogP contribution in [0.15, 0.2) is 46.5 Å².